The minimum Gasteiger partial charge on any atom is -0.449 e. The molecular weight excluding hydrogens is 364 g/mol. The fraction of sp³-hybridized carbons (Fsp3) is 0.208. The SMILES string of the molecule is C[C@@H](OC(=O)c1c2c(nc3ccccc13)/C(=C/c1ccccc1)CCC2)C(N)=O. The van der Waals surface area contributed by atoms with Crippen LogP contribution < -0.4 is 5.73 Å². The van der Waals surface area contributed by atoms with E-state index < -0.39 is 18.0 Å². The van der Waals surface area contributed by atoms with Gasteiger partial charge in [0.15, 0.2) is 6.10 Å². The van der Waals surface area contributed by atoms with Crippen LogP contribution in [0.15, 0.2) is 54.6 Å². The van der Waals surface area contributed by atoms with Crippen molar-refractivity contribution in [2.75, 3.05) is 0 Å². The zero-order valence-electron chi connectivity index (χ0n) is 16.2. The molecule has 2 N–H and O–H groups in total. The van der Waals surface area contributed by atoms with Crippen LogP contribution in [0.4, 0.5) is 0 Å². The van der Waals surface area contributed by atoms with E-state index in [2.05, 4.69) is 6.08 Å². The average Bonchev–Trinajstić information content (AvgIpc) is 2.73. The number of fused-ring (bicyclic) bond motifs is 2. The molecule has 0 unspecified atom stereocenters. The van der Waals surface area contributed by atoms with Crippen LogP contribution >= 0.6 is 0 Å². The number of primary amides is 1. The molecule has 0 fully saturated rings. The van der Waals surface area contributed by atoms with Gasteiger partial charge in [0.05, 0.1) is 16.8 Å². The fourth-order valence-electron chi connectivity index (χ4n) is 3.74. The summed E-state index contributed by atoms with van der Waals surface area (Å²) in [5.74, 6) is -1.21. The van der Waals surface area contributed by atoms with Crippen LogP contribution in [0.3, 0.4) is 0 Å². The van der Waals surface area contributed by atoms with E-state index in [4.69, 9.17) is 15.5 Å². The summed E-state index contributed by atoms with van der Waals surface area (Å²) in [7, 11) is 0. The summed E-state index contributed by atoms with van der Waals surface area (Å²) in [6.07, 6.45) is 3.67. The van der Waals surface area contributed by atoms with Gasteiger partial charge in [-0.25, -0.2) is 9.78 Å². The van der Waals surface area contributed by atoms with Crippen LogP contribution in [0.2, 0.25) is 0 Å². The molecule has 1 aromatic heterocycles. The lowest BCUT2D eigenvalue weighted by Gasteiger charge is -2.23. The number of pyridine rings is 1. The number of ether oxygens (including phenoxy) is 1. The standard InChI is InChI=1S/C24H22N2O3/c1-15(23(25)27)29-24(28)21-18-11-5-6-13-20(18)26-22-17(10-7-12-19(21)22)14-16-8-3-2-4-9-16/h2-6,8-9,11,13-15H,7,10,12H2,1H3,(H2,25,27)/b17-14+/t15-/m1/s1. The third-order valence-electron chi connectivity index (χ3n) is 5.20. The number of amides is 1. The Balaban J connectivity index is 1.89. The van der Waals surface area contributed by atoms with E-state index in [0.29, 0.717) is 5.56 Å². The summed E-state index contributed by atoms with van der Waals surface area (Å²) in [5.41, 5.74) is 10.4. The number of nitrogens with two attached hydrogens (primary N) is 1. The summed E-state index contributed by atoms with van der Waals surface area (Å²) in [6.45, 7) is 1.48. The molecule has 0 spiro atoms. The Morgan fingerprint density at radius 3 is 2.55 bits per heavy atom. The molecule has 4 rings (SSSR count). The number of aromatic nitrogens is 1. The van der Waals surface area contributed by atoms with E-state index in [1.165, 1.54) is 6.92 Å². The molecule has 0 saturated carbocycles. The van der Waals surface area contributed by atoms with Crippen molar-refractivity contribution in [3.63, 3.8) is 0 Å². The van der Waals surface area contributed by atoms with Gasteiger partial charge in [0.2, 0.25) is 0 Å². The molecule has 0 radical (unpaired) electrons. The van der Waals surface area contributed by atoms with Crippen LogP contribution in [0.1, 0.15) is 46.9 Å². The molecule has 3 aromatic rings. The van der Waals surface area contributed by atoms with Gasteiger partial charge in [-0.15, -0.1) is 0 Å². The minimum atomic E-state index is -0.993. The van der Waals surface area contributed by atoms with E-state index in [0.717, 1.165) is 52.6 Å². The van der Waals surface area contributed by atoms with Gasteiger partial charge in [-0.05, 0) is 55.0 Å². The summed E-state index contributed by atoms with van der Waals surface area (Å²) < 4.78 is 5.36. The topological polar surface area (TPSA) is 82.3 Å². The molecule has 2 aromatic carbocycles. The number of para-hydroxylation sites is 1. The molecule has 0 aliphatic heterocycles. The number of hydrogen-bond donors (Lipinski definition) is 1. The number of carbonyl (C=O) groups excluding carboxylic acids is 2. The highest BCUT2D eigenvalue weighted by Crippen LogP contribution is 2.36. The lowest BCUT2D eigenvalue weighted by Crippen LogP contribution is -2.31. The van der Waals surface area contributed by atoms with Crippen molar-refractivity contribution in [2.24, 2.45) is 5.73 Å². The van der Waals surface area contributed by atoms with Crippen LogP contribution in [-0.2, 0) is 16.0 Å². The number of carbonyl (C=O) groups is 2. The van der Waals surface area contributed by atoms with Crippen molar-refractivity contribution < 1.29 is 14.3 Å². The van der Waals surface area contributed by atoms with Gasteiger partial charge in [-0.2, -0.15) is 0 Å². The monoisotopic (exact) mass is 386 g/mol. The largest absolute Gasteiger partial charge is 0.449 e. The Bertz CT molecular complexity index is 1120. The third-order valence-corrected chi connectivity index (χ3v) is 5.20. The number of rotatable bonds is 4. The molecule has 146 valence electrons. The lowest BCUT2D eigenvalue weighted by molar-refractivity contribution is -0.125. The van der Waals surface area contributed by atoms with Crippen molar-refractivity contribution in [3.05, 3.63) is 77.0 Å². The Morgan fingerprint density at radius 1 is 1.07 bits per heavy atom. The Kier molecular flexibility index (Phi) is 5.12. The molecule has 1 aliphatic carbocycles. The summed E-state index contributed by atoms with van der Waals surface area (Å²) in [5, 5.41) is 0.730. The number of benzene rings is 2. The second-order valence-electron chi connectivity index (χ2n) is 7.21. The number of nitrogens with zero attached hydrogens (tertiary/aromatic N) is 1. The quantitative estimate of drug-likeness (QED) is 0.683. The maximum atomic E-state index is 13.0. The number of hydrogen-bond acceptors (Lipinski definition) is 4. The molecular formula is C24H22N2O3. The van der Waals surface area contributed by atoms with Crippen molar-refractivity contribution in [3.8, 4) is 0 Å². The molecule has 1 amide bonds. The van der Waals surface area contributed by atoms with E-state index in [-0.39, 0.29) is 0 Å². The second-order valence-corrected chi connectivity index (χ2v) is 7.21. The van der Waals surface area contributed by atoms with E-state index in [1.54, 1.807) is 0 Å². The van der Waals surface area contributed by atoms with Gasteiger partial charge in [0, 0.05) is 5.39 Å². The predicted molar refractivity (Wildman–Crippen MR) is 113 cm³/mol. The van der Waals surface area contributed by atoms with E-state index in [1.807, 2.05) is 54.6 Å². The number of esters is 1. The van der Waals surface area contributed by atoms with Gasteiger partial charge in [-0.1, -0.05) is 48.5 Å². The highest BCUT2D eigenvalue weighted by molar-refractivity contribution is 6.07. The van der Waals surface area contributed by atoms with Crippen LogP contribution in [0.25, 0.3) is 22.6 Å². The lowest BCUT2D eigenvalue weighted by atomic mass is 9.86. The van der Waals surface area contributed by atoms with Crippen LogP contribution in [-0.4, -0.2) is 23.0 Å². The minimum absolute atomic E-state index is 0.484. The van der Waals surface area contributed by atoms with Gasteiger partial charge < -0.3 is 10.5 Å². The first-order chi connectivity index (χ1) is 14.0. The predicted octanol–water partition coefficient (Wildman–Crippen LogP) is 4.14. The molecule has 1 aliphatic rings. The zero-order chi connectivity index (χ0) is 20.4. The van der Waals surface area contributed by atoms with E-state index >= 15 is 0 Å². The van der Waals surface area contributed by atoms with Gasteiger partial charge >= 0.3 is 5.97 Å². The van der Waals surface area contributed by atoms with Crippen molar-refractivity contribution in [1.29, 1.82) is 0 Å². The highest BCUT2D eigenvalue weighted by Gasteiger charge is 2.27. The Hall–Kier alpha value is -3.47. The summed E-state index contributed by atoms with van der Waals surface area (Å²) in [6, 6.07) is 17.6. The summed E-state index contributed by atoms with van der Waals surface area (Å²) in [4.78, 5) is 29.3. The molecule has 0 bridgehead atoms. The summed E-state index contributed by atoms with van der Waals surface area (Å²) >= 11 is 0. The highest BCUT2D eigenvalue weighted by atomic mass is 16.5. The zero-order valence-corrected chi connectivity index (χ0v) is 16.2. The average molecular weight is 386 g/mol. The Morgan fingerprint density at radius 2 is 1.79 bits per heavy atom. The molecule has 5 nitrogen and oxygen atoms in total. The first kappa shape index (κ1) is 18.9. The van der Waals surface area contributed by atoms with E-state index in [9.17, 15) is 9.59 Å². The van der Waals surface area contributed by atoms with Crippen LogP contribution in [0, 0.1) is 0 Å². The maximum absolute atomic E-state index is 13.0. The normalized spacial score (nSPS) is 15.7. The van der Waals surface area contributed by atoms with Crippen molar-refractivity contribution in [2.45, 2.75) is 32.3 Å². The molecule has 29 heavy (non-hydrogen) atoms. The molecule has 5 heteroatoms. The molecule has 1 atom stereocenters. The molecule has 1 heterocycles. The van der Waals surface area contributed by atoms with Gasteiger partial charge in [0.25, 0.3) is 5.91 Å². The third kappa shape index (κ3) is 3.76. The molecule has 0 saturated heterocycles. The van der Waals surface area contributed by atoms with Crippen LogP contribution in [0.5, 0.6) is 0 Å². The first-order valence-corrected chi connectivity index (χ1v) is 9.72. The van der Waals surface area contributed by atoms with Gasteiger partial charge in [0.1, 0.15) is 0 Å². The fourth-order valence-corrected chi connectivity index (χ4v) is 3.74. The first-order valence-electron chi connectivity index (χ1n) is 9.72. The second kappa shape index (κ2) is 7.87. The van der Waals surface area contributed by atoms with Crippen molar-refractivity contribution >= 4 is 34.4 Å². The number of allylic oxidation sites excluding steroid dienone is 1. The van der Waals surface area contributed by atoms with Crippen molar-refractivity contribution in [1.82, 2.24) is 4.98 Å². The van der Waals surface area contributed by atoms with Gasteiger partial charge in [-0.3, -0.25) is 4.79 Å². The smallest absolute Gasteiger partial charge is 0.339 e. The maximum Gasteiger partial charge on any atom is 0.339 e. The Labute approximate surface area is 169 Å².